The largest absolute Gasteiger partial charge is 0.444 e. The lowest BCUT2D eigenvalue weighted by atomic mass is 10.0. The van der Waals surface area contributed by atoms with Crippen LogP contribution in [0.5, 0.6) is 0 Å². The molecule has 2 amide bonds. The van der Waals surface area contributed by atoms with Gasteiger partial charge < -0.3 is 19.9 Å². The Labute approximate surface area is 253 Å². The number of imidazole rings is 1. The molecule has 1 atom stereocenters. The molecule has 2 aromatic heterocycles. The van der Waals surface area contributed by atoms with Crippen LogP contribution < -0.4 is 10.6 Å². The minimum absolute atomic E-state index is 0.00803. The maximum atomic E-state index is 13.5. The quantitative estimate of drug-likeness (QED) is 0.266. The highest BCUT2D eigenvalue weighted by Crippen LogP contribution is 2.25. The number of piperidine rings is 1. The SMILES string of the molecule is Cc1cn(-c2cc(CN3CCC[C@H](NC(=O)OC(C)(C)C)C3)cc(NC(=O)c3cc(-c4ccccc4)c(C)cn3)c2)cn1. The summed E-state index contributed by atoms with van der Waals surface area (Å²) in [6, 6.07) is 17.9. The smallest absolute Gasteiger partial charge is 0.407 e. The average molecular weight is 581 g/mol. The molecule has 2 aromatic carbocycles. The van der Waals surface area contributed by atoms with E-state index in [0.29, 0.717) is 24.5 Å². The van der Waals surface area contributed by atoms with Crippen LogP contribution in [0.1, 0.15) is 60.9 Å². The van der Waals surface area contributed by atoms with Crippen LogP contribution >= 0.6 is 0 Å². The number of anilines is 1. The Morgan fingerprint density at radius 3 is 2.56 bits per heavy atom. The third-order valence-electron chi connectivity index (χ3n) is 7.30. The summed E-state index contributed by atoms with van der Waals surface area (Å²) in [5, 5.41) is 6.11. The number of likely N-dealkylation sites (tertiary alicyclic amines) is 1. The summed E-state index contributed by atoms with van der Waals surface area (Å²) in [5.41, 5.74) is 6.34. The molecule has 1 saturated heterocycles. The second kappa shape index (κ2) is 12.8. The molecule has 0 unspecified atom stereocenters. The number of carbonyl (C=O) groups is 2. The number of nitrogens with zero attached hydrogens (tertiary/aromatic N) is 4. The summed E-state index contributed by atoms with van der Waals surface area (Å²) in [4.78, 5) is 37.0. The van der Waals surface area contributed by atoms with Crippen molar-refractivity contribution < 1.29 is 14.3 Å². The van der Waals surface area contributed by atoms with Gasteiger partial charge in [-0.05, 0) is 101 Å². The van der Waals surface area contributed by atoms with E-state index in [1.54, 1.807) is 12.5 Å². The van der Waals surface area contributed by atoms with Crippen molar-refractivity contribution in [3.63, 3.8) is 0 Å². The fourth-order valence-corrected chi connectivity index (χ4v) is 5.37. The maximum Gasteiger partial charge on any atom is 0.407 e. The molecule has 0 bridgehead atoms. The van der Waals surface area contributed by atoms with Gasteiger partial charge in [-0.25, -0.2) is 9.78 Å². The van der Waals surface area contributed by atoms with Crippen molar-refractivity contribution in [2.24, 2.45) is 0 Å². The highest BCUT2D eigenvalue weighted by Gasteiger charge is 2.24. The van der Waals surface area contributed by atoms with Gasteiger partial charge in [0, 0.05) is 42.9 Å². The van der Waals surface area contributed by atoms with E-state index < -0.39 is 5.60 Å². The van der Waals surface area contributed by atoms with Crippen molar-refractivity contribution in [1.82, 2.24) is 24.8 Å². The maximum absolute atomic E-state index is 13.5. The van der Waals surface area contributed by atoms with E-state index in [9.17, 15) is 9.59 Å². The van der Waals surface area contributed by atoms with Crippen molar-refractivity contribution in [2.75, 3.05) is 18.4 Å². The number of nitrogens with one attached hydrogen (secondary N) is 2. The number of amides is 2. The monoisotopic (exact) mass is 580 g/mol. The van der Waals surface area contributed by atoms with Crippen molar-refractivity contribution in [1.29, 1.82) is 0 Å². The molecule has 4 aromatic rings. The fraction of sp³-hybridized carbons (Fsp3) is 0.353. The summed E-state index contributed by atoms with van der Waals surface area (Å²) in [7, 11) is 0. The molecule has 0 aliphatic carbocycles. The van der Waals surface area contributed by atoms with Gasteiger partial charge in [-0.1, -0.05) is 30.3 Å². The van der Waals surface area contributed by atoms with Crippen molar-refractivity contribution in [2.45, 2.75) is 65.6 Å². The Morgan fingerprint density at radius 2 is 1.84 bits per heavy atom. The number of ether oxygens (including phenoxy) is 1. The second-order valence-corrected chi connectivity index (χ2v) is 12.2. The molecule has 1 fully saturated rings. The lowest BCUT2D eigenvalue weighted by Crippen LogP contribution is -2.48. The van der Waals surface area contributed by atoms with Crippen LogP contribution in [-0.2, 0) is 11.3 Å². The molecule has 43 heavy (non-hydrogen) atoms. The Kier molecular flexibility index (Phi) is 8.92. The molecule has 1 aliphatic rings. The van der Waals surface area contributed by atoms with Crippen molar-refractivity contribution in [3.05, 3.63) is 95.8 Å². The molecule has 1 aliphatic heterocycles. The Morgan fingerprint density at radius 1 is 1.05 bits per heavy atom. The number of rotatable bonds is 7. The minimum atomic E-state index is -0.539. The minimum Gasteiger partial charge on any atom is -0.444 e. The van der Waals surface area contributed by atoms with Crippen LogP contribution in [0.2, 0.25) is 0 Å². The van der Waals surface area contributed by atoms with E-state index in [1.807, 2.05) is 93.9 Å². The van der Waals surface area contributed by atoms with Gasteiger partial charge in [-0.2, -0.15) is 0 Å². The molecule has 9 nitrogen and oxygen atoms in total. The number of aromatic nitrogens is 3. The molecule has 9 heteroatoms. The second-order valence-electron chi connectivity index (χ2n) is 12.2. The Bertz CT molecular complexity index is 1590. The highest BCUT2D eigenvalue weighted by atomic mass is 16.6. The number of pyridine rings is 1. The van der Waals surface area contributed by atoms with Gasteiger partial charge >= 0.3 is 6.09 Å². The predicted molar refractivity (Wildman–Crippen MR) is 168 cm³/mol. The standard InChI is InChI=1S/C34H40N6O3/c1-23-18-35-31(17-30(23)26-10-7-6-8-11-26)32(41)37-28-14-25(15-29(16-28)40-19-24(2)36-22-40)20-39-13-9-12-27(21-39)38-33(42)43-34(3,4)5/h6-8,10-11,14-19,22,27H,9,12-13,20-21H2,1-5H3,(H,37,41)(H,38,42)/t27-/m0/s1. The third kappa shape index (κ3) is 8.08. The van der Waals surface area contributed by atoms with Gasteiger partial charge in [-0.3, -0.25) is 14.7 Å². The zero-order chi connectivity index (χ0) is 30.6. The number of hydrogen-bond donors (Lipinski definition) is 2. The van der Waals surface area contributed by atoms with Crippen molar-refractivity contribution in [3.8, 4) is 16.8 Å². The molecule has 5 rings (SSSR count). The number of carbonyl (C=O) groups excluding carboxylic acids is 2. The lowest BCUT2D eigenvalue weighted by molar-refractivity contribution is 0.0470. The third-order valence-corrected chi connectivity index (χ3v) is 7.30. The van der Waals surface area contributed by atoms with E-state index in [4.69, 9.17) is 4.74 Å². The van der Waals surface area contributed by atoms with Crippen LogP contribution in [0.15, 0.2) is 73.3 Å². The van der Waals surface area contributed by atoms with E-state index in [2.05, 4.69) is 31.6 Å². The zero-order valence-corrected chi connectivity index (χ0v) is 25.6. The molecule has 224 valence electrons. The van der Waals surface area contributed by atoms with E-state index >= 15 is 0 Å². The zero-order valence-electron chi connectivity index (χ0n) is 25.6. The van der Waals surface area contributed by atoms with Crippen LogP contribution in [-0.4, -0.2) is 56.2 Å². The van der Waals surface area contributed by atoms with Gasteiger partial charge in [0.05, 0.1) is 12.0 Å². The summed E-state index contributed by atoms with van der Waals surface area (Å²) >= 11 is 0. The normalized spacial score (nSPS) is 15.6. The first-order valence-electron chi connectivity index (χ1n) is 14.7. The predicted octanol–water partition coefficient (Wildman–Crippen LogP) is 6.29. The first-order chi connectivity index (χ1) is 20.5. The van der Waals surface area contributed by atoms with Gasteiger partial charge in [0.1, 0.15) is 11.3 Å². The lowest BCUT2D eigenvalue weighted by Gasteiger charge is -2.33. The summed E-state index contributed by atoms with van der Waals surface area (Å²) in [6.07, 6.45) is 6.95. The Balaban J connectivity index is 1.35. The first kappa shape index (κ1) is 30.0. The van der Waals surface area contributed by atoms with Crippen LogP contribution in [0.4, 0.5) is 10.5 Å². The van der Waals surface area contributed by atoms with Crippen molar-refractivity contribution >= 4 is 17.7 Å². The molecule has 0 radical (unpaired) electrons. The van der Waals surface area contributed by atoms with Crippen LogP contribution in [0.3, 0.4) is 0 Å². The molecule has 2 N–H and O–H groups in total. The van der Waals surface area contributed by atoms with Gasteiger partial charge in [0.2, 0.25) is 0 Å². The summed E-state index contributed by atoms with van der Waals surface area (Å²) in [5.74, 6) is -0.276. The van der Waals surface area contributed by atoms with E-state index in [1.165, 1.54) is 0 Å². The fourth-order valence-electron chi connectivity index (χ4n) is 5.37. The summed E-state index contributed by atoms with van der Waals surface area (Å²) in [6.45, 7) is 11.8. The molecule has 3 heterocycles. The first-order valence-corrected chi connectivity index (χ1v) is 14.7. The number of benzene rings is 2. The molecule has 0 saturated carbocycles. The highest BCUT2D eigenvalue weighted by molar-refractivity contribution is 6.03. The Hall–Kier alpha value is -4.50. The van der Waals surface area contributed by atoms with E-state index in [-0.39, 0.29) is 18.0 Å². The van der Waals surface area contributed by atoms with Gasteiger partial charge in [0.15, 0.2) is 0 Å². The molecule has 0 spiro atoms. The number of alkyl carbamates (subject to hydrolysis) is 1. The van der Waals surface area contributed by atoms with Gasteiger partial charge in [-0.15, -0.1) is 0 Å². The summed E-state index contributed by atoms with van der Waals surface area (Å²) < 4.78 is 7.42. The van der Waals surface area contributed by atoms with Crippen LogP contribution in [0, 0.1) is 13.8 Å². The number of aryl methyl sites for hydroxylation is 2. The molecular formula is C34H40N6O3. The topological polar surface area (TPSA) is 101 Å². The van der Waals surface area contributed by atoms with Gasteiger partial charge in [0.25, 0.3) is 5.91 Å². The average Bonchev–Trinajstić information content (AvgIpc) is 3.39. The number of hydrogen-bond acceptors (Lipinski definition) is 6. The van der Waals surface area contributed by atoms with Crippen LogP contribution in [0.25, 0.3) is 16.8 Å². The molecular weight excluding hydrogens is 540 g/mol. The van der Waals surface area contributed by atoms with E-state index in [0.717, 1.165) is 53.0 Å².